The van der Waals surface area contributed by atoms with Gasteiger partial charge < -0.3 is 19.7 Å². The van der Waals surface area contributed by atoms with E-state index in [0.29, 0.717) is 19.6 Å². The summed E-state index contributed by atoms with van der Waals surface area (Å²) >= 11 is 0. The lowest BCUT2D eigenvalue weighted by atomic mass is 10.1. The highest BCUT2D eigenvalue weighted by Gasteiger charge is 2.14. The van der Waals surface area contributed by atoms with Gasteiger partial charge in [0.1, 0.15) is 5.75 Å². The number of hydrogen-bond acceptors (Lipinski definition) is 4. The molecule has 3 rings (SSSR count). The minimum atomic E-state index is -0.603. The second-order valence-corrected chi connectivity index (χ2v) is 6.35. The molecule has 2 N–H and O–H groups in total. The van der Waals surface area contributed by atoms with E-state index >= 15 is 0 Å². The number of ether oxygens (including phenoxy) is 1. The van der Waals surface area contributed by atoms with Gasteiger partial charge >= 0.3 is 0 Å². The summed E-state index contributed by atoms with van der Waals surface area (Å²) in [5, 5.41) is 12.5. The number of carbonyl (C=O) groups excluding carboxylic acids is 1. The number of nitrogens with zero attached hydrogens (tertiary/aromatic N) is 1. The lowest BCUT2D eigenvalue weighted by molar-refractivity contribution is 0.0948. The third kappa shape index (κ3) is 4.59. The largest absolute Gasteiger partial charge is 0.502 e. The molecule has 0 fully saturated rings. The van der Waals surface area contributed by atoms with Gasteiger partial charge in [-0.1, -0.05) is 42.5 Å². The number of hydrogen-bond donors (Lipinski definition) is 2. The molecule has 1 amide bonds. The Bertz CT molecular complexity index is 1010. The molecule has 0 unspecified atom stereocenters. The molecule has 0 saturated heterocycles. The molecule has 0 spiro atoms. The molecule has 0 radical (unpaired) electrons. The molecule has 0 saturated carbocycles. The number of carbonyl (C=O) groups is 1. The van der Waals surface area contributed by atoms with E-state index in [1.165, 1.54) is 23.9 Å². The van der Waals surface area contributed by atoms with Crippen LogP contribution in [0.1, 0.15) is 16.8 Å². The Kier molecular flexibility index (Phi) is 6.11. The highest BCUT2D eigenvalue weighted by atomic mass is 16.5. The number of rotatable bonds is 7. The van der Waals surface area contributed by atoms with E-state index in [2.05, 4.69) is 5.32 Å². The van der Waals surface area contributed by atoms with Crippen LogP contribution in [-0.4, -0.2) is 28.7 Å². The molecular weight excluding hydrogens is 356 g/mol. The summed E-state index contributed by atoms with van der Waals surface area (Å²) in [7, 11) is 1.51. The predicted octanol–water partition coefficient (Wildman–Crippen LogP) is 2.96. The van der Waals surface area contributed by atoms with Crippen LogP contribution in [0.15, 0.2) is 71.7 Å². The van der Waals surface area contributed by atoms with Crippen molar-refractivity contribution in [2.45, 2.75) is 6.42 Å². The maximum Gasteiger partial charge on any atom is 0.293 e. The second-order valence-electron chi connectivity index (χ2n) is 6.35. The average molecular weight is 378 g/mol. The highest BCUT2D eigenvalue weighted by molar-refractivity contribution is 5.96. The smallest absolute Gasteiger partial charge is 0.293 e. The zero-order valence-electron chi connectivity index (χ0n) is 15.6. The fourth-order valence-electron chi connectivity index (χ4n) is 2.75. The highest BCUT2D eigenvalue weighted by Crippen LogP contribution is 2.23. The van der Waals surface area contributed by atoms with Crippen molar-refractivity contribution in [2.24, 2.45) is 7.05 Å². The Balaban J connectivity index is 1.48. The van der Waals surface area contributed by atoms with Crippen LogP contribution in [0, 0.1) is 0 Å². The third-order valence-corrected chi connectivity index (χ3v) is 4.30. The topological polar surface area (TPSA) is 80.6 Å². The molecule has 0 aliphatic heterocycles. The lowest BCUT2D eigenvalue weighted by Gasteiger charge is -2.10. The molecule has 0 atom stereocenters. The van der Waals surface area contributed by atoms with E-state index in [1.807, 2.05) is 54.6 Å². The Morgan fingerprint density at radius 3 is 2.61 bits per heavy atom. The zero-order chi connectivity index (χ0) is 19.9. The maximum absolute atomic E-state index is 12.1. The Morgan fingerprint density at radius 1 is 1.07 bits per heavy atom. The molecule has 0 aliphatic carbocycles. The van der Waals surface area contributed by atoms with Crippen LogP contribution >= 0.6 is 0 Å². The predicted molar refractivity (Wildman–Crippen MR) is 108 cm³/mol. The first-order chi connectivity index (χ1) is 13.6. The van der Waals surface area contributed by atoms with Crippen LogP contribution in [0.3, 0.4) is 0 Å². The van der Waals surface area contributed by atoms with Crippen molar-refractivity contribution >= 4 is 5.91 Å². The molecule has 6 nitrogen and oxygen atoms in total. The van der Waals surface area contributed by atoms with Crippen molar-refractivity contribution in [2.75, 3.05) is 13.2 Å². The number of nitrogens with one attached hydrogen (secondary N) is 1. The molecule has 3 aromatic rings. The van der Waals surface area contributed by atoms with E-state index in [9.17, 15) is 14.7 Å². The van der Waals surface area contributed by atoms with Gasteiger partial charge in [0.2, 0.25) is 0 Å². The first-order valence-electron chi connectivity index (χ1n) is 9.01. The fourth-order valence-corrected chi connectivity index (χ4v) is 2.75. The minimum absolute atomic E-state index is 0.0282. The van der Waals surface area contributed by atoms with E-state index < -0.39 is 17.2 Å². The number of pyridine rings is 1. The van der Waals surface area contributed by atoms with Gasteiger partial charge in [0.25, 0.3) is 11.5 Å². The van der Waals surface area contributed by atoms with Gasteiger partial charge in [0, 0.05) is 19.8 Å². The van der Waals surface area contributed by atoms with Crippen molar-refractivity contribution in [3.05, 3.63) is 82.8 Å². The first-order valence-corrected chi connectivity index (χ1v) is 9.01. The molecule has 0 bridgehead atoms. The Labute approximate surface area is 163 Å². The summed E-state index contributed by atoms with van der Waals surface area (Å²) in [6.07, 6.45) is 2.03. The Hall–Kier alpha value is -3.54. The first kappa shape index (κ1) is 19.2. The van der Waals surface area contributed by atoms with Crippen LogP contribution < -0.4 is 15.6 Å². The van der Waals surface area contributed by atoms with E-state index in [4.69, 9.17) is 4.74 Å². The van der Waals surface area contributed by atoms with Crippen molar-refractivity contribution in [1.29, 1.82) is 0 Å². The number of aromatic hydroxyl groups is 1. The van der Waals surface area contributed by atoms with Gasteiger partial charge in [0.05, 0.1) is 12.2 Å². The summed E-state index contributed by atoms with van der Waals surface area (Å²) in [5.74, 6) is -0.269. The molecule has 6 heteroatoms. The standard InChI is InChI=1S/C22H22N2O4/c1-24-13-11-19(20(25)22(24)27)21(26)23-12-6-14-28-18-10-5-9-17(15-18)16-7-3-2-4-8-16/h2-5,7-11,13,15,25H,6,12,14H2,1H3,(H,23,26). The van der Waals surface area contributed by atoms with E-state index in [1.54, 1.807) is 0 Å². The molecule has 1 aromatic heterocycles. The number of aromatic nitrogens is 1. The molecule has 144 valence electrons. The summed E-state index contributed by atoms with van der Waals surface area (Å²) < 4.78 is 6.97. The van der Waals surface area contributed by atoms with Gasteiger partial charge in [-0.15, -0.1) is 0 Å². The van der Waals surface area contributed by atoms with Gasteiger partial charge in [-0.3, -0.25) is 9.59 Å². The van der Waals surface area contributed by atoms with Crippen LogP contribution in [0.4, 0.5) is 0 Å². The minimum Gasteiger partial charge on any atom is -0.502 e. The van der Waals surface area contributed by atoms with E-state index in [-0.39, 0.29) is 5.56 Å². The number of aryl methyl sites for hydroxylation is 1. The van der Waals surface area contributed by atoms with Crippen LogP contribution in [0.25, 0.3) is 11.1 Å². The molecule has 0 aliphatic rings. The van der Waals surface area contributed by atoms with Crippen molar-refractivity contribution in [3.63, 3.8) is 0 Å². The molecule has 28 heavy (non-hydrogen) atoms. The van der Waals surface area contributed by atoms with E-state index in [0.717, 1.165) is 16.9 Å². The van der Waals surface area contributed by atoms with Crippen LogP contribution in [-0.2, 0) is 7.05 Å². The van der Waals surface area contributed by atoms with Crippen LogP contribution in [0.5, 0.6) is 11.5 Å². The zero-order valence-corrected chi connectivity index (χ0v) is 15.6. The van der Waals surface area contributed by atoms with Crippen LogP contribution in [0.2, 0.25) is 0 Å². The van der Waals surface area contributed by atoms with Crippen molar-refractivity contribution < 1.29 is 14.6 Å². The summed E-state index contributed by atoms with van der Waals surface area (Å²) in [6.45, 7) is 0.799. The van der Waals surface area contributed by atoms with Crippen molar-refractivity contribution in [3.8, 4) is 22.6 Å². The maximum atomic E-state index is 12.1. The third-order valence-electron chi connectivity index (χ3n) is 4.30. The molecule has 2 aromatic carbocycles. The molecular formula is C22H22N2O4. The average Bonchev–Trinajstić information content (AvgIpc) is 2.72. The van der Waals surface area contributed by atoms with Gasteiger partial charge in [0.15, 0.2) is 5.75 Å². The SMILES string of the molecule is Cn1ccc(C(=O)NCCCOc2cccc(-c3ccccc3)c2)c(O)c1=O. The summed E-state index contributed by atoms with van der Waals surface area (Å²) in [5.41, 5.74) is 1.57. The summed E-state index contributed by atoms with van der Waals surface area (Å²) in [4.78, 5) is 23.8. The fraction of sp³-hybridized carbons (Fsp3) is 0.182. The molecule has 1 heterocycles. The Morgan fingerprint density at radius 2 is 1.82 bits per heavy atom. The summed E-state index contributed by atoms with van der Waals surface area (Å²) in [6, 6.07) is 19.3. The van der Waals surface area contributed by atoms with Gasteiger partial charge in [-0.2, -0.15) is 0 Å². The van der Waals surface area contributed by atoms with Gasteiger partial charge in [-0.05, 0) is 35.7 Å². The number of benzene rings is 2. The van der Waals surface area contributed by atoms with Gasteiger partial charge in [-0.25, -0.2) is 0 Å². The lowest BCUT2D eigenvalue weighted by Crippen LogP contribution is -2.28. The monoisotopic (exact) mass is 378 g/mol. The normalized spacial score (nSPS) is 10.5. The number of amides is 1. The second kappa shape index (κ2) is 8.90. The quantitative estimate of drug-likeness (QED) is 0.620. The van der Waals surface area contributed by atoms with Crippen molar-refractivity contribution in [1.82, 2.24) is 9.88 Å².